The number of rotatable bonds is 7. The number of amides is 2. The maximum atomic E-state index is 14.5. The number of halogens is 3. The Kier molecular flexibility index (Phi) is 6.87. The van der Waals surface area contributed by atoms with Gasteiger partial charge in [0.1, 0.15) is 35.3 Å². The maximum Gasteiger partial charge on any atom is 0.323 e. The third kappa shape index (κ3) is 6.00. The van der Waals surface area contributed by atoms with E-state index < -0.39 is 23.5 Å². The Morgan fingerprint density at radius 1 is 0.824 bits per heavy atom. The molecule has 0 saturated carbocycles. The fraction of sp³-hybridized carbons (Fsp3) is 0.0417. The molecule has 10 heteroatoms. The highest BCUT2D eigenvalue weighted by molar-refractivity contribution is 5.99. The number of nitrogens with zero attached hydrogens (tertiary/aromatic N) is 2. The van der Waals surface area contributed by atoms with Crippen LogP contribution in [0.4, 0.5) is 35.2 Å². The van der Waals surface area contributed by atoms with Crippen LogP contribution in [0.25, 0.3) is 0 Å². The zero-order chi connectivity index (χ0) is 23.9. The van der Waals surface area contributed by atoms with Crippen molar-refractivity contribution in [3.05, 3.63) is 102 Å². The predicted octanol–water partition coefficient (Wildman–Crippen LogP) is 5.94. The number of hydrogen-bond donors (Lipinski definition) is 3. The van der Waals surface area contributed by atoms with Crippen LogP contribution in [0, 0.1) is 17.5 Å². The SMILES string of the molecule is O=C(Nc1ccc(F)cc1F)Nc1ccc(Oc2cc(NCc3ccccc3)ncn2)cc1F. The van der Waals surface area contributed by atoms with Crippen molar-refractivity contribution in [3.63, 3.8) is 0 Å². The van der Waals surface area contributed by atoms with E-state index in [2.05, 4.69) is 25.9 Å². The zero-order valence-corrected chi connectivity index (χ0v) is 17.6. The molecular formula is C24H18F3N5O2. The number of carbonyl (C=O) groups is 1. The fourth-order valence-corrected chi connectivity index (χ4v) is 2.93. The smallest absolute Gasteiger partial charge is 0.323 e. The van der Waals surface area contributed by atoms with Gasteiger partial charge in [-0.15, -0.1) is 0 Å². The van der Waals surface area contributed by atoms with E-state index in [0.717, 1.165) is 23.8 Å². The molecular weight excluding hydrogens is 447 g/mol. The normalized spacial score (nSPS) is 10.4. The van der Waals surface area contributed by atoms with E-state index in [1.54, 1.807) is 6.07 Å². The quantitative estimate of drug-likeness (QED) is 0.314. The van der Waals surface area contributed by atoms with E-state index in [0.29, 0.717) is 18.4 Å². The van der Waals surface area contributed by atoms with Crippen molar-refractivity contribution in [1.82, 2.24) is 9.97 Å². The minimum atomic E-state index is -0.957. The van der Waals surface area contributed by atoms with Gasteiger partial charge >= 0.3 is 6.03 Å². The molecule has 0 saturated heterocycles. The fourth-order valence-electron chi connectivity index (χ4n) is 2.93. The predicted molar refractivity (Wildman–Crippen MR) is 121 cm³/mol. The molecule has 1 heterocycles. The Labute approximate surface area is 192 Å². The van der Waals surface area contributed by atoms with Gasteiger partial charge in [0.15, 0.2) is 0 Å². The van der Waals surface area contributed by atoms with Crippen molar-refractivity contribution >= 4 is 23.2 Å². The van der Waals surface area contributed by atoms with E-state index in [1.165, 1.54) is 18.5 Å². The highest BCUT2D eigenvalue weighted by Gasteiger charge is 2.12. The van der Waals surface area contributed by atoms with Gasteiger partial charge in [-0.3, -0.25) is 0 Å². The average Bonchev–Trinajstić information content (AvgIpc) is 2.82. The van der Waals surface area contributed by atoms with Crippen molar-refractivity contribution in [1.29, 1.82) is 0 Å². The molecule has 0 aliphatic carbocycles. The number of urea groups is 1. The largest absolute Gasteiger partial charge is 0.439 e. The minimum absolute atomic E-state index is 0.140. The summed E-state index contributed by atoms with van der Waals surface area (Å²) in [6.07, 6.45) is 1.31. The van der Waals surface area contributed by atoms with Crippen LogP contribution in [0.5, 0.6) is 11.6 Å². The summed E-state index contributed by atoms with van der Waals surface area (Å²) in [6.45, 7) is 0.552. The number of carbonyl (C=O) groups excluding carboxylic acids is 1. The van der Waals surface area contributed by atoms with Crippen LogP contribution in [0.3, 0.4) is 0 Å². The van der Waals surface area contributed by atoms with Crippen LogP contribution in [0.1, 0.15) is 5.56 Å². The van der Waals surface area contributed by atoms with Crippen LogP contribution in [-0.4, -0.2) is 16.0 Å². The summed E-state index contributed by atoms with van der Waals surface area (Å²) >= 11 is 0. The summed E-state index contributed by atoms with van der Waals surface area (Å²) in [5.41, 5.74) is 0.653. The van der Waals surface area contributed by atoms with Gasteiger partial charge in [0.05, 0.1) is 11.4 Å². The molecule has 7 nitrogen and oxygen atoms in total. The van der Waals surface area contributed by atoms with E-state index in [-0.39, 0.29) is 23.0 Å². The van der Waals surface area contributed by atoms with Crippen molar-refractivity contribution in [2.75, 3.05) is 16.0 Å². The summed E-state index contributed by atoms with van der Waals surface area (Å²) in [5.74, 6) is -1.67. The van der Waals surface area contributed by atoms with Gasteiger partial charge in [0, 0.05) is 24.7 Å². The molecule has 4 aromatic rings. The molecule has 2 amide bonds. The minimum Gasteiger partial charge on any atom is -0.439 e. The lowest BCUT2D eigenvalue weighted by atomic mass is 10.2. The second-order valence-corrected chi connectivity index (χ2v) is 7.03. The highest BCUT2D eigenvalue weighted by atomic mass is 19.1. The first-order valence-electron chi connectivity index (χ1n) is 10.1. The zero-order valence-electron chi connectivity index (χ0n) is 17.6. The lowest BCUT2D eigenvalue weighted by Gasteiger charge is -2.11. The lowest BCUT2D eigenvalue weighted by Crippen LogP contribution is -2.20. The molecule has 3 N–H and O–H groups in total. The van der Waals surface area contributed by atoms with Gasteiger partial charge in [-0.05, 0) is 29.8 Å². The Bertz CT molecular complexity index is 1310. The van der Waals surface area contributed by atoms with E-state index >= 15 is 0 Å². The molecule has 172 valence electrons. The Hall–Kier alpha value is -4.60. The van der Waals surface area contributed by atoms with Gasteiger partial charge in [-0.25, -0.2) is 27.9 Å². The third-order valence-corrected chi connectivity index (χ3v) is 4.55. The first kappa shape index (κ1) is 22.6. The Morgan fingerprint density at radius 3 is 2.24 bits per heavy atom. The van der Waals surface area contributed by atoms with Gasteiger partial charge in [0.25, 0.3) is 0 Å². The molecule has 0 spiro atoms. The molecule has 0 unspecified atom stereocenters. The van der Waals surface area contributed by atoms with E-state index in [9.17, 15) is 18.0 Å². The summed E-state index contributed by atoms with van der Waals surface area (Å²) in [4.78, 5) is 20.2. The van der Waals surface area contributed by atoms with Crippen LogP contribution >= 0.6 is 0 Å². The van der Waals surface area contributed by atoms with Gasteiger partial charge in [-0.2, -0.15) is 0 Å². The molecule has 0 bridgehead atoms. The third-order valence-electron chi connectivity index (χ3n) is 4.55. The summed E-state index contributed by atoms with van der Waals surface area (Å²) in [6, 6.07) is 16.8. The molecule has 0 radical (unpaired) electrons. The number of hydrogen-bond acceptors (Lipinski definition) is 5. The second-order valence-electron chi connectivity index (χ2n) is 7.03. The van der Waals surface area contributed by atoms with Crippen molar-refractivity contribution in [3.8, 4) is 11.6 Å². The number of nitrogens with one attached hydrogen (secondary N) is 3. The number of aromatic nitrogens is 2. The van der Waals surface area contributed by atoms with Crippen molar-refractivity contribution in [2.45, 2.75) is 6.54 Å². The number of benzene rings is 3. The lowest BCUT2D eigenvalue weighted by molar-refractivity contribution is 0.262. The van der Waals surface area contributed by atoms with E-state index in [1.807, 2.05) is 30.3 Å². The maximum absolute atomic E-state index is 14.5. The van der Waals surface area contributed by atoms with Crippen LogP contribution < -0.4 is 20.7 Å². The van der Waals surface area contributed by atoms with Crippen LogP contribution in [-0.2, 0) is 6.54 Å². The molecule has 34 heavy (non-hydrogen) atoms. The molecule has 0 aliphatic rings. The monoisotopic (exact) mass is 465 g/mol. The molecule has 0 aliphatic heterocycles. The van der Waals surface area contributed by atoms with E-state index in [4.69, 9.17) is 4.74 Å². The summed E-state index contributed by atoms with van der Waals surface area (Å²) in [7, 11) is 0. The average molecular weight is 465 g/mol. The van der Waals surface area contributed by atoms with Gasteiger partial charge in [0.2, 0.25) is 5.88 Å². The molecule has 0 fully saturated rings. The van der Waals surface area contributed by atoms with Crippen LogP contribution in [0.15, 0.2) is 79.1 Å². The topological polar surface area (TPSA) is 88.2 Å². The van der Waals surface area contributed by atoms with Crippen molar-refractivity contribution < 1.29 is 22.7 Å². The molecule has 3 aromatic carbocycles. The Morgan fingerprint density at radius 2 is 1.53 bits per heavy atom. The van der Waals surface area contributed by atoms with Gasteiger partial charge < -0.3 is 20.7 Å². The first-order valence-corrected chi connectivity index (χ1v) is 10.1. The highest BCUT2D eigenvalue weighted by Crippen LogP contribution is 2.26. The van der Waals surface area contributed by atoms with Crippen LogP contribution in [0.2, 0.25) is 0 Å². The molecule has 0 atom stereocenters. The Balaban J connectivity index is 1.37. The summed E-state index contributed by atoms with van der Waals surface area (Å²) < 4.78 is 46.7. The standard InChI is InChI=1S/C24H18F3N5O2/c25-16-6-8-20(18(26)10-16)31-24(33)32-21-9-7-17(11-19(21)27)34-23-12-22(29-14-30-23)28-13-15-4-2-1-3-5-15/h1-12,14H,13H2,(H,28,29,30)(H2,31,32,33). The second kappa shape index (κ2) is 10.3. The first-order chi connectivity index (χ1) is 16.5. The molecule has 4 rings (SSSR count). The summed E-state index contributed by atoms with van der Waals surface area (Å²) in [5, 5.41) is 7.59. The van der Waals surface area contributed by atoms with Crippen molar-refractivity contribution in [2.24, 2.45) is 0 Å². The molecule has 1 aromatic heterocycles. The number of anilines is 3. The number of ether oxygens (including phenoxy) is 1. The van der Waals surface area contributed by atoms with Gasteiger partial charge in [-0.1, -0.05) is 30.3 Å².